The molecule has 1 aliphatic heterocycles. The van der Waals surface area contributed by atoms with Gasteiger partial charge in [0, 0.05) is 25.0 Å². The Balaban J connectivity index is 1.45. The third-order valence-corrected chi connectivity index (χ3v) is 7.09. The average molecular weight is 427 g/mol. The van der Waals surface area contributed by atoms with Gasteiger partial charge in [-0.3, -0.25) is 4.79 Å². The number of likely N-dealkylation sites (tertiary alicyclic amines) is 1. The van der Waals surface area contributed by atoms with Crippen molar-refractivity contribution in [3.8, 4) is 11.1 Å². The molecule has 1 aliphatic carbocycles. The molecule has 160 valence electrons. The Morgan fingerprint density at radius 1 is 1.00 bits per heavy atom. The largest absolute Gasteiger partial charge is 0.342 e. The molecule has 1 saturated heterocycles. The van der Waals surface area contributed by atoms with Crippen LogP contribution in [0, 0.1) is 12.8 Å². The highest BCUT2D eigenvalue weighted by Crippen LogP contribution is 2.51. The fourth-order valence-electron chi connectivity index (χ4n) is 4.72. The molecule has 4 rings (SSSR count). The summed E-state index contributed by atoms with van der Waals surface area (Å²) in [6.07, 6.45) is 4.37. The van der Waals surface area contributed by atoms with Gasteiger partial charge in [-0.1, -0.05) is 48.5 Å². The molecular weight excluding hydrogens is 396 g/mol. The highest BCUT2D eigenvalue weighted by atomic mass is 32.2. The Labute approximate surface area is 179 Å². The minimum atomic E-state index is -3.21. The van der Waals surface area contributed by atoms with Crippen molar-refractivity contribution in [1.82, 2.24) is 9.62 Å². The number of hydrogen-bond donors (Lipinski definition) is 1. The molecule has 1 heterocycles. The molecule has 0 radical (unpaired) electrons. The molecule has 2 fully saturated rings. The Kier molecular flexibility index (Phi) is 5.98. The van der Waals surface area contributed by atoms with Crippen molar-refractivity contribution in [3.05, 3.63) is 59.7 Å². The minimum absolute atomic E-state index is 0.0367. The predicted molar refractivity (Wildman–Crippen MR) is 120 cm³/mol. The van der Waals surface area contributed by atoms with Crippen LogP contribution in [0.1, 0.15) is 42.7 Å². The second-order valence-corrected chi connectivity index (χ2v) is 10.5. The van der Waals surface area contributed by atoms with Crippen molar-refractivity contribution in [2.75, 3.05) is 19.3 Å². The summed E-state index contributed by atoms with van der Waals surface area (Å²) in [6.45, 7) is 3.46. The molecule has 2 aromatic rings. The van der Waals surface area contributed by atoms with Crippen LogP contribution in [-0.4, -0.2) is 44.6 Å². The molecule has 0 unspecified atom stereocenters. The van der Waals surface area contributed by atoms with Gasteiger partial charge in [-0.25, -0.2) is 13.1 Å². The number of nitrogens with one attached hydrogen (secondary N) is 1. The first-order chi connectivity index (χ1) is 14.3. The van der Waals surface area contributed by atoms with Crippen molar-refractivity contribution in [3.63, 3.8) is 0 Å². The van der Waals surface area contributed by atoms with Crippen LogP contribution in [0.2, 0.25) is 0 Å². The summed E-state index contributed by atoms with van der Waals surface area (Å²) in [5.74, 6) is 0.524. The second kappa shape index (κ2) is 8.52. The van der Waals surface area contributed by atoms with Crippen LogP contribution >= 0.6 is 0 Å². The quantitative estimate of drug-likeness (QED) is 0.793. The summed E-state index contributed by atoms with van der Waals surface area (Å²) in [6, 6.07) is 16.8. The standard InChI is InChI=1S/C24H30N2O3S/c1-17-8-3-4-10-19(17)20-11-5-6-12-21(20)22-16-23(22)24(27)26-14-7-9-18(13-15-26)25-30(2,28)29/h3-6,8,10-12,18,22-23,25H,7,9,13-16H2,1-2H3/t18-,22-,23+/m0/s1. The van der Waals surface area contributed by atoms with Gasteiger partial charge in [0.1, 0.15) is 0 Å². The molecule has 0 aromatic heterocycles. The predicted octanol–water partition coefficient (Wildman–Crippen LogP) is 3.70. The number of carbonyl (C=O) groups excluding carboxylic acids is 1. The van der Waals surface area contributed by atoms with Gasteiger partial charge in [0.05, 0.1) is 6.26 Å². The summed E-state index contributed by atoms with van der Waals surface area (Å²) in [4.78, 5) is 15.1. The van der Waals surface area contributed by atoms with E-state index in [4.69, 9.17) is 0 Å². The summed E-state index contributed by atoms with van der Waals surface area (Å²) in [5.41, 5.74) is 4.96. The zero-order valence-electron chi connectivity index (χ0n) is 17.7. The summed E-state index contributed by atoms with van der Waals surface area (Å²) < 4.78 is 25.8. The molecule has 5 nitrogen and oxygen atoms in total. The minimum Gasteiger partial charge on any atom is -0.342 e. The number of sulfonamides is 1. The van der Waals surface area contributed by atoms with E-state index in [1.165, 1.54) is 28.5 Å². The van der Waals surface area contributed by atoms with E-state index in [1.807, 2.05) is 4.90 Å². The Bertz CT molecular complexity index is 1030. The zero-order chi connectivity index (χ0) is 21.3. The first kappa shape index (κ1) is 21.1. The topological polar surface area (TPSA) is 66.5 Å². The molecule has 1 amide bonds. The molecule has 1 saturated carbocycles. The number of nitrogens with zero attached hydrogens (tertiary/aromatic N) is 1. The smallest absolute Gasteiger partial charge is 0.226 e. The second-order valence-electron chi connectivity index (χ2n) is 8.69. The van der Waals surface area contributed by atoms with Crippen LogP contribution in [0.3, 0.4) is 0 Å². The van der Waals surface area contributed by atoms with E-state index in [0.29, 0.717) is 19.5 Å². The number of amides is 1. The van der Waals surface area contributed by atoms with Crippen molar-refractivity contribution in [1.29, 1.82) is 0 Å². The van der Waals surface area contributed by atoms with E-state index in [0.717, 1.165) is 19.3 Å². The normalized spacial score (nSPS) is 24.3. The maximum atomic E-state index is 13.2. The number of hydrogen-bond acceptors (Lipinski definition) is 3. The van der Waals surface area contributed by atoms with Crippen LogP contribution < -0.4 is 4.72 Å². The van der Waals surface area contributed by atoms with E-state index < -0.39 is 10.0 Å². The van der Waals surface area contributed by atoms with E-state index in [2.05, 4.69) is 60.2 Å². The van der Waals surface area contributed by atoms with Gasteiger partial charge in [0.25, 0.3) is 0 Å². The van der Waals surface area contributed by atoms with Gasteiger partial charge in [-0.05, 0) is 60.8 Å². The van der Waals surface area contributed by atoms with Crippen LogP contribution in [-0.2, 0) is 14.8 Å². The molecule has 2 aromatic carbocycles. The Morgan fingerprint density at radius 3 is 2.43 bits per heavy atom. The highest BCUT2D eigenvalue weighted by molar-refractivity contribution is 7.88. The maximum absolute atomic E-state index is 13.2. The van der Waals surface area contributed by atoms with E-state index >= 15 is 0 Å². The first-order valence-corrected chi connectivity index (χ1v) is 12.6. The van der Waals surface area contributed by atoms with Crippen LogP contribution in [0.15, 0.2) is 48.5 Å². The van der Waals surface area contributed by atoms with E-state index in [9.17, 15) is 13.2 Å². The number of aryl methyl sites for hydroxylation is 1. The molecular formula is C24H30N2O3S. The van der Waals surface area contributed by atoms with Gasteiger partial charge in [-0.2, -0.15) is 0 Å². The Hall–Kier alpha value is -2.18. The van der Waals surface area contributed by atoms with Crippen molar-refractivity contribution >= 4 is 15.9 Å². The van der Waals surface area contributed by atoms with Crippen LogP contribution in [0.4, 0.5) is 0 Å². The van der Waals surface area contributed by atoms with Crippen molar-refractivity contribution in [2.24, 2.45) is 5.92 Å². The van der Waals surface area contributed by atoms with Gasteiger partial charge >= 0.3 is 0 Å². The lowest BCUT2D eigenvalue weighted by molar-refractivity contribution is -0.132. The van der Waals surface area contributed by atoms with Crippen molar-refractivity contribution in [2.45, 2.75) is 44.6 Å². The third kappa shape index (κ3) is 4.76. The fraction of sp³-hybridized carbons (Fsp3) is 0.458. The van der Waals surface area contributed by atoms with Gasteiger partial charge in [-0.15, -0.1) is 0 Å². The summed E-state index contributed by atoms with van der Waals surface area (Å²) in [7, 11) is -3.21. The third-order valence-electron chi connectivity index (χ3n) is 6.32. The Morgan fingerprint density at radius 2 is 1.70 bits per heavy atom. The fourth-order valence-corrected chi connectivity index (χ4v) is 5.57. The average Bonchev–Trinajstić information content (AvgIpc) is 3.51. The van der Waals surface area contributed by atoms with E-state index in [-0.39, 0.29) is 23.8 Å². The van der Waals surface area contributed by atoms with E-state index in [1.54, 1.807) is 0 Å². The molecule has 0 bridgehead atoms. The molecule has 6 heteroatoms. The lowest BCUT2D eigenvalue weighted by atomic mass is 9.93. The number of benzene rings is 2. The van der Waals surface area contributed by atoms with Gasteiger partial charge in [0.15, 0.2) is 0 Å². The molecule has 0 spiro atoms. The molecule has 2 aliphatic rings. The lowest BCUT2D eigenvalue weighted by Gasteiger charge is -2.21. The van der Waals surface area contributed by atoms with Crippen LogP contribution in [0.25, 0.3) is 11.1 Å². The molecule has 3 atom stereocenters. The molecule has 30 heavy (non-hydrogen) atoms. The first-order valence-electron chi connectivity index (χ1n) is 10.7. The summed E-state index contributed by atoms with van der Waals surface area (Å²) >= 11 is 0. The van der Waals surface area contributed by atoms with Crippen LogP contribution in [0.5, 0.6) is 0 Å². The monoisotopic (exact) mass is 426 g/mol. The SMILES string of the molecule is Cc1ccccc1-c1ccccc1[C@@H]1C[C@H]1C(=O)N1CCC[C@H](NS(C)(=O)=O)CC1. The highest BCUT2D eigenvalue weighted by Gasteiger charge is 2.46. The maximum Gasteiger partial charge on any atom is 0.226 e. The molecule has 1 N–H and O–H groups in total. The van der Waals surface area contributed by atoms with Gasteiger partial charge in [0.2, 0.25) is 15.9 Å². The zero-order valence-corrected chi connectivity index (χ0v) is 18.5. The number of rotatable bonds is 5. The van der Waals surface area contributed by atoms with Gasteiger partial charge < -0.3 is 4.90 Å². The lowest BCUT2D eigenvalue weighted by Crippen LogP contribution is -2.36. The van der Waals surface area contributed by atoms with Crippen molar-refractivity contribution < 1.29 is 13.2 Å². The number of carbonyl (C=O) groups is 1. The summed E-state index contributed by atoms with van der Waals surface area (Å²) in [5, 5.41) is 0.